The molecular weight excluding hydrogens is 244 g/mol. The van der Waals surface area contributed by atoms with Crippen LogP contribution in [0.4, 0.5) is 11.4 Å². The number of rotatable bonds is 2. The molecule has 0 spiro atoms. The van der Waals surface area contributed by atoms with Crippen LogP contribution >= 0.6 is 0 Å². The van der Waals surface area contributed by atoms with Crippen molar-refractivity contribution in [3.8, 4) is 11.5 Å². The maximum atomic E-state index is 12.0. The number of anilines is 2. The SMILES string of the molecule is Cc1ccc(N)c(NC(=O)c2ccc(O)cc2O)c1. The number of nitrogen functional groups attached to an aromatic ring is 1. The lowest BCUT2D eigenvalue weighted by molar-refractivity contribution is 0.102. The van der Waals surface area contributed by atoms with E-state index in [0.717, 1.165) is 11.6 Å². The van der Waals surface area contributed by atoms with Crippen LogP contribution in [0.25, 0.3) is 0 Å². The van der Waals surface area contributed by atoms with Gasteiger partial charge in [-0.2, -0.15) is 0 Å². The maximum Gasteiger partial charge on any atom is 0.259 e. The highest BCUT2D eigenvalue weighted by Crippen LogP contribution is 2.25. The fraction of sp³-hybridized carbons (Fsp3) is 0.0714. The van der Waals surface area contributed by atoms with Crippen molar-refractivity contribution >= 4 is 17.3 Å². The van der Waals surface area contributed by atoms with Gasteiger partial charge in [0.1, 0.15) is 11.5 Å². The smallest absolute Gasteiger partial charge is 0.259 e. The second kappa shape index (κ2) is 4.89. The second-order valence-corrected chi connectivity index (χ2v) is 4.25. The molecule has 0 heterocycles. The van der Waals surface area contributed by atoms with Gasteiger partial charge in [-0.1, -0.05) is 6.07 Å². The fourth-order valence-electron chi connectivity index (χ4n) is 1.68. The van der Waals surface area contributed by atoms with Crippen molar-refractivity contribution in [2.24, 2.45) is 0 Å². The Labute approximate surface area is 110 Å². The topological polar surface area (TPSA) is 95.6 Å². The molecular formula is C14H14N2O3. The number of amides is 1. The zero-order chi connectivity index (χ0) is 14.0. The number of phenols is 2. The first kappa shape index (κ1) is 12.8. The third-order valence-electron chi connectivity index (χ3n) is 2.68. The molecule has 2 aromatic rings. The average Bonchev–Trinajstić information content (AvgIpc) is 2.33. The Morgan fingerprint density at radius 1 is 1.16 bits per heavy atom. The first-order chi connectivity index (χ1) is 8.97. The summed E-state index contributed by atoms with van der Waals surface area (Å²) < 4.78 is 0. The van der Waals surface area contributed by atoms with Crippen molar-refractivity contribution in [2.75, 3.05) is 11.1 Å². The number of hydrogen-bond acceptors (Lipinski definition) is 4. The normalized spacial score (nSPS) is 10.2. The summed E-state index contributed by atoms with van der Waals surface area (Å²) in [4.78, 5) is 12.0. The van der Waals surface area contributed by atoms with Gasteiger partial charge in [-0.3, -0.25) is 4.79 Å². The predicted molar refractivity (Wildman–Crippen MR) is 73.3 cm³/mol. The third kappa shape index (κ3) is 2.77. The van der Waals surface area contributed by atoms with Crippen LogP contribution in [0.5, 0.6) is 11.5 Å². The van der Waals surface area contributed by atoms with Crippen LogP contribution in [-0.2, 0) is 0 Å². The van der Waals surface area contributed by atoms with Gasteiger partial charge in [-0.15, -0.1) is 0 Å². The summed E-state index contributed by atoms with van der Waals surface area (Å²) >= 11 is 0. The van der Waals surface area contributed by atoms with Gasteiger partial charge in [0.05, 0.1) is 16.9 Å². The van der Waals surface area contributed by atoms with E-state index in [-0.39, 0.29) is 17.1 Å². The van der Waals surface area contributed by atoms with Crippen LogP contribution in [0, 0.1) is 6.92 Å². The van der Waals surface area contributed by atoms with E-state index < -0.39 is 5.91 Å². The molecule has 0 saturated heterocycles. The summed E-state index contributed by atoms with van der Waals surface area (Å²) in [5.41, 5.74) is 7.71. The Balaban J connectivity index is 2.28. The molecule has 0 unspecified atom stereocenters. The largest absolute Gasteiger partial charge is 0.508 e. The van der Waals surface area contributed by atoms with Crippen molar-refractivity contribution in [1.29, 1.82) is 0 Å². The summed E-state index contributed by atoms with van der Waals surface area (Å²) in [5.74, 6) is -0.886. The van der Waals surface area contributed by atoms with E-state index in [1.807, 2.05) is 13.0 Å². The summed E-state index contributed by atoms with van der Waals surface area (Å²) in [7, 11) is 0. The van der Waals surface area contributed by atoms with Gasteiger partial charge in [-0.25, -0.2) is 0 Å². The van der Waals surface area contributed by atoms with Gasteiger partial charge in [0.25, 0.3) is 5.91 Å². The van der Waals surface area contributed by atoms with E-state index in [0.29, 0.717) is 11.4 Å². The molecule has 0 aliphatic carbocycles. The number of aromatic hydroxyl groups is 2. The average molecular weight is 258 g/mol. The molecule has 1 amide bonds. The van der Waals surface area contributed by atoms with Crippen LogP contribution in [0.2, 0.25) is 0 Å². The number of carbonyl (C=O) groups excluding carboxylic acids is 1. The van der Waals surface area contributed by atoms with E-state index in [4.69, 9.17) is 5.73 Å². The molecule has 5 heteroatoms. The molecule has 2 rings (SSSR count). The molecule has 98 valence electrons. The summed E-state index contributed by atoms with van der Waals surface area (Å²) in [6, 6.07) is 9.05. The number of nitrogens with one attached hydrogen (secondary N) is 1. The minimum atomic E-state index is -0.491. The van der Waals surface area contributed by atoms with Gasteiger partial charge in [0, 0.05) is 6.07 Å². The summed E-state index contributed by atoms with van der Waals surface area (Å²) in [6.45, 7) is 1.88. The summed E-state index contributed by atoms with van der Waals surface area (Å²) in [6.07, 6.45) is 0. The van der Waals surface area contributed by atoms with Crippen LogP contribution in [-0.4, -0.2) is 16.1 Å². The Kier molecular flexibility index (Phi) is 3.29. The van der Waals surface area contributed by atoms with Gasteiger partial charge in [-0.05, 0) is 36.8 Å². The molecule has 0 bridgehead atoms. The molecule has 5 N–H and O–H groups in total. The van der Waals surface area contributed by atoms with E-state index in [2.05, 4.69) is 5.32 Å². The van der Waals surface area contributed by atoms with Gasteiger partial charge in [0.2, 0.25) is 0 Å². The molecule has 5 nitrogen and oxygen atoms in total. The lowest BCUT2D eigenvalue weighted by Gasteiger charge is -2.10. The van der Waals surface area contributed by atoms with E-state index in [9.17, 15) is 15.0 Å². The minimum absolute atomic E-state index is 0.0682. The number of nitrogens with two attached hydrogens (primary N) is 1. The van der Waals surface area contributed by atoms with Crippen molar-refractivity contribution in [3.63, 3.8) is 0 Å². The maximum absolute atomic E-state index is 12.0. The number of aryl methyl sites for hydroxylation is 1. The first-order valence-corrected chi connectivity index (χ1v) is 5.67. The van der Waals surface area contributed by atoms with Gasteiger partial charge >= 0.3 is 0 Å². The zero-order valence-corrected chi connectivity index (χ0v) is 10.3. The number of carbonyl (C=O) groups is 1. The van der Waals surface area contributed by atoms with Crippen molar-refractivity contribution < 1.29 is 15.0 Å². The lowest BCUT2D eigenvalue weighted by Crippen LogP contribution is -2.13. The van der Waals surface area contributed by atoms with E-state index in [1.54, 1.807) is 12.1 Å². The standard InChI is InChI=1S/C14H14N2O3/c1-8-2-5-11(15)12(6-8)16-14(19)10-4-3-9(17)7-13(10)18/h2-7,17-18H,15H2,1H3,(H,16,19). The van der Waals surface area contributed by atoms with Crippen molar-refractivity contribution in [1.82, 2.24) is 0 Å². The molecule has 0 saturated carbocycles. The Hall–Kier alpha value is -2.69. The molecule has 0 aromatic heterocycles. The number of benzene rings is 2. The van der Waals surface area contributed by atoms with Gasteiger partial charge in [0.15, 0.2) is 0 Å². The van der Waals surface area contributed by atoms with Crippen LogP contribution in [0.1, 0.15) is 15.9 Å². The number of phenolic OH excluding ortho intramolecular Hbond substituents is 2. The molecule has 0 aliphatic heterocycles. The Bertz CT molecular complexity index is 639. The quantitative estimate of drug-likeness (QED) is 0.621. The monoisotopic (exact) mass is 258 g/mol. The number of hydrogen-bond donors (Lipinski definition) is 4. The predicted octanol–water partition coefficient (Wildman–Crippen LogP) is 2.24. The van der Waals surface area contributed by atoms with Crippen LogP contribution in [0.3, 0.4) is 0 Å². The Morgan fingerprint density at radius 2 is 1.89 bits per heavy atom. The molecule has 19 heavy (non-hydrogen) atoms. The molecule has 0 fully saturated rings. The minimum Gasteiger partial charge on any atom is -0.508 e. The fourth-order valence-corrected chi connectivity index (χ4v) is 1.68. The zero-order valence-electron chi connectivity index (χ0n) is 10.3. The lowest BCUT2D eigenvalue weighted by atomic mass is 10.1. The third-order valence-corrected chi connectivity index (χ3v) is 2.68. The Morgan fingerprint density at radius 3 is 2.58 bits per heavy atom. The van der Waals surface area contributed by atoms with Gasteiger partial charge < -0.3 is 21.3 Å². The molecule has 0 radical (unpaired) electrons. The highest BCUT2D eigenvalue weighted by Gasteiger charge is 2.13. The van der Waals surface area contributed by atoms with E-state index in [1.165, 1.54) is 12.1 Å². The molecule has 0 aliphatic rings. The van der Waals surface area contributed by atoms with Crippen LogP contribution < -0.4 is 11.1 Å². The van der Waals surface area contributed by atoms with Crippen molar-refractivity contribution in [2.45, 2.75) is 6.92 Å². The van der Waals surface area contributed by atoms with Crippen LogP contribution in [0.15, 0.2) is 36.4 Å². The molecule has 0 atom stereocenters. The van der Waals surface area contributed by atoms with E-state index >= 15 is 0 Å². The highest BCUT2D eigenvalue weighted by atomic mass is 16.3. The first-order valence-electron chi connectivity index (χ1n) is 5.67. The van der Waals surface area contributed by atoms with Crippen molar-refractivity contribution in [3.05, 3.63) is 47.5 Å². The molecule has 2 aromatic carbocycles. The second-order valence-electron chi connectivity index (χ2n) is 4.25. The summed E-state index contributed by atoms with van der Waals surface area (Å²) in [5, 5.41) is 21.4. The highest BCUT2D eigenvalue weighted by molar-refractivity contribution is 6.07.